The minimum Gasteiger partial charge on any atom is -0.490 e. The lowest BCUT2D eigenvalue weighted by Gasteiger charge is -2.28. The van der Waals surface area contributed by atoms with Crippen LogP contribution >= 0.6 is 0 Å². The van der Waals surface area contributed by atoms with E-state index in [0.29, 0.717) is 17.9 Å². The van der Waals surface area contributed by atoms with E-state index in [0.717, 1.165) is 18.5 Å². The fourth-order valence-electron chi connectivity index (χ4n) is 2.88. The van der Waals surface area contributed by atoms with Crippen LogP contribution < -0.4 is 10.4 Å². The van der Waals surface area contributed by atoms with Crippen LogP contribution in [-0.4, -0.2) is 42.4 Å². The van der Waals surface area contributed by atoms with Crippen LogP contribution in [0.1, 0.15) is 19.3 Å². The lowest BCUT2D eigenvalue weighted by molar-refractivity contribution is 0.0620. The molecule has 0 amide bonds. The highest BCUT2D eigenvalue weighted by molar-refractivity contribution is 5.82. The molecular weight excluding hydrogens is 282 g/mol. The van der Waals surface area contributed by atoms with Crippen molar-refractivity contribution >= 4 is 11.0 Å². The van der Waals surface area contributed by atoms with E-state index in [-0.39, 0.29) is 6.61 Å². The average molecular weight is 303 g/mol. The fraction of sp³-hybridized carbons (Fsp3) is 0.471. The number of ether oxygens (including phenoxy) is 1. The summed E-state index contributed by atoms with van der Waals surface area (Å²) in [4.78, 5) is 13.8. The van der Waals surface area contributed by atoms with Crippen LogP contribution in [0, 0.1) is 0 Å². The standard InChI is InChI=1S/C17H21NO4/c19-13(11-18-8-4-1-5-9-18)12-21-16-10-17(20)22-15-7-3-2-6-14(15)16/h2-3,6-7,10,13,19H,1,4-5,8-9,11-12H2/t13-/m1/s1. The number of nitrogens with zero attached hydrogens (tertiary/aromatic N) is 1. The Morgan fingerprint density at radius 2 is 2.00 bits per heavy atom. The molecule has 2 heterocycles. The van der Waals surface area contributed by atoms with E-state index in [1.54, 1.807) is 12.1 Å². The molecule has 5 nitrogen and oxygen atoms in total. The van der Waals surface area contributed by atoms with Gasteiger partial charge in [0.2, 0.25) is 0 Å². The third kappa shape index (κ3) is 3.67. The second kappa shape index (κ2) is 6.94. The molecule has 0 unspecified atom stereocenters. The molecule has 1 aliphatic heterocycles. The van der Waals surface area contributed by atoms with E-state index >= 15 is 0 Å². The predicted molar refractivity (Wildman–Crippen MR) is 84.3 cm³/mol. The van der Waals surface area contributed by atoms with Gasteiger partial charge in [-0.3, -0.25) is 0 Å². The first-order chi connectivity index (χ1) is 10.7. The second-order valence-corrected chi connectivity index (χ2v) is 5.75. The zero-order valence-corrected chi connectivity index (χ0v) is 12.5. The van der Waals surface area contributed by atoms with Gasteiger partial charge in [-0.15, -0.1) is 0 Å². The summed E-state index contributed by atoms with van der Waals surface area (Å²) in [5, 5.41) is 10.9. The van der Waals surface area contributed by atoms with E-state index < -0.39 is 11.7 Å². The molecule has 5 heteroatoms. The normalized spacial score (nSPS) is 17.5. The van der Waals surface area contributed by atoms with Crippen LogP contribution in [0.2, 0.25) is 0 Å². The minimum absolute atomic E-state index is 0.171. The zero-order chi connectivity index (χ0) is 15.4. The fourth-order valence-corrected chi connectivity index (χ4v) is 2.88. The Morgan fingerprint density at radius 1 is 1.23 bits per heavy atom. The Kier molecular flexibility index (Phi) is 4.75. The summed E-state index contributed by atoms with van der Waals surface area (Å²) in [6, 6.07) is 8.56. The molecular formula is C17H21NO4. The monoisotopic (exact) mass is 303 g/mol. The predicted octanol–water partition coefficient (Wildman–Crippen LogP) is 2.02. The van der Waals surface area contributed by atoms with Gasteiger partial charge in [0, 0.05) is 6.54 Å². The van der Waals surface area contributed by atoms with Crippen LogP contribution in [0.25, 0.3) is 11.0 Å². The quantitative estimate of drug-likeness (QED) is 0.856. The van der Waals surface area contributed by atoms with Crippen molar-refractivity contribution in [2.75, 3.05) is 26.2 Å². The zero-order valence-electron chi connectivity index (χ0n) is 12.5. The summed E-state index contributed by atoms with van der Waals surface area (Å²) >= 11 is 0. The van der Waals surface area contributed by atoms with E-state index in [4.69, 9.17) is 9.15 Å². The highest BCUT2D eigenvalue weighted by Crippen LogP contribution is 2.23. The number of hydrogen-bond donors (Lipinski definition) is 1. The van der Waals surface area contributed by atoms with Gasteiger partial charge in [-0.25, -0.2) is 4.79 Å². The largest absolute Gasteiger partial charge is 0.490 e. The molecule has 1 atom stereocenters. The maximum atomic E-state index is 11.5. The number of rotatable bonds is 5. The number of aliphatic hydroxyl groups is 1. The number of para-hydroxylation sites is 1. The van der Waals surface area contributed by atoms with E-state index in [2.05, 4.69) is 4.90 Å². The molecule has 1 aliphatic rings. The first-order valence-corrected chi connectivity index (χ1v) is 7.78. The van der Waals surface area contributed by atoms with Crippen molar-refractivity contribution in [1.82, 2.24) is 4.90 Å². The molecule has 0 bridgehead atoms. The Hall–Kier alpha value is -1.85. The molecule has 1 saturated heterocycles. The van der Waals surface area contributed by atoms with Gasteiger partial charge in [0.15, 0.2) is 0 Å². The molecule has 0 saturated carbocycles. The van der Waals surface area contributed by atoms with Crippen LogP contribution in [0.5, 0.6) is 5.75 Å². The SMILES string of the molecule is O=c1cc(OC[C@H](O)CN2CCCCC2)c2ccccc2o1. The molecule has 1 N–H and O–H groups in total. The Balaban J connectivity index is 1.64. The maximum absolute atomic E-state index is 11.5. The third-order valence-electron chi connectivity index (χ3n) is 3.96. The van der Waals surface area contributed by atoms with Crippen molar-refractivity contribution in [3.63, 3.8) is 0 Å². The highest BCUT2D eigenvalue weighted by atomic mass is 16.5. The average Bonchev–Trinajstić information content (AvgIpc) is 2.53. The highest BCUT2D eigenvalue weighted by Gasteiger charge is 2.15. The lowest BCUT2D eigenvalue weighted by Crippen LogP contribution is -2.38. The van der Waals surface area contributed by atoms with Crippen LogP contribution in [0.4, 0.5) is 0 Å². The van der Waals surface area contributed by atoms with Gasteiger partial charge in [-0.1, -0.05) is 18.6 Å². The number of fused-ring (bicyclic) bond motifs is 1. The molecule has 2 aromatic rings. The Morgan fingerprint density at radius 3 is 2.82 bits per heavy atom. The van der Waals surface area contributed by atoms with Crippen molar-refractivity contribution < 1.29 is 14.3 Å². The molecule has 3 rings (SSSR count). The summed E-state index contributed by atoms with van der Waals surface area (Å²) in [5.74, 6) is 0.463. The third-order valence-corrected chi connectivity index (χ3v) is 3.96. The van der Waals surface area contributed by atoms with Crippen LogP contribution in [0.15, 0.2) is 39.5 Å². The number of hydrogen-bond acceptors (Lipinski definition) is 5. The van der Waals surface area contributed by atoms with E-state index in [1.807, 2.05) is 12.1 Å². The van der Waals surface area contributed by atoms with Gasteiger partial charge >= 0.3 is 5.63 Å². The summed E-state index contributed by atoms with van der Waals surface area (Å²) in [7, 11) is 0. The van der Waals surface area contributed by atoms with Crippen molar-refractivity contribution in [1.29, 1.82) is 0 Å². The molecule has 0 aliphatic carbocycles. The van der Waals surface area contributed by atoms with Gasteiger partial charge < -0.3 is 19.2 Å². The van der Waals surface area contributed by atoms with Crippen molar-refractivity contribution in [3.8, 4) is 5.75 Å². The number of piperidine rings is 1. The topological polar surface area (TPSA) is 62.9 Å². The van der Waals surface area contributed by atoms with Crippen molar-refractivity contribution in [2.24, 2.45) is 0 Å². The van der Waals surface area contributed by atoms with E-state index in [1.165, 1.54) is 25.3 Å². The first-order valence-electron chi connectivity index (χ1n) is 7.78. The minimum atomic E-state index is -0.566. The summed E-state index contributed by atoms with van der Waals surface area (Å²) < 4.78 is 10.8. The van der Waals surface area contributed by atoms with Crippen LogP contribution in [-0.2, 0) is 0 Å². The number of β-amino-alcohol motifs (C(OH)–C–C–N with tert-alkyl or cyclic N) is 1. The number of benzene rings is 1. The second-order valence-electron chi connectivity index (χ2n) is 5.75. The smallest absolute Gasteiger partial charge is 0.339 e. The first kappa shape index (κ1) is 15.1. The van der Waals surface area contributed by atoms with Gasteiger partial charge in [0.05, 0.1) is 11.5 Å². The van der Waals surface area contributed by atoms with Gasteiger partial charge in [0.25, 0.3) is 0 Å². The molecule has 22 heavy (non-hydrogen) atoms. The maximum Gasteiger partial charge on any atom is 0.339 e. The summed E-state index contributed by atoms with van der Waals surface area (Å²) in [6.45, 7) is 2.85. The van der Waals surface area contributed by atoms with Gasteiger partial charge in [-0.2, -0.15) is 0 Å². The molecule has 1 aromatic carbocycles. The Bertz CT molecular complexity index is 676. The van der Waals surface area contributed by atoms with E-state index in [9.17, 15) is 9.90 Å². The molecule has 0 radical (unpaired) electrons. The van der Waals surface area contributed by atoms with Gasteiger partial charge in [0.1, 0.15) is 24.0 Å². The molecule has 118 valence electrons. The molecule has 0 spiro atoms. The summed E-state index contributed by atoms with van der Waals surface area (Å²) in [5.41, 5.74) is 0.0507. The van der Waals surface area contributed by atoms with Gasteiger partial charge in [-0.05, 0) is 38.1 Å². The number of likely N-dealkylation sites (tertiary alicyclic amines) is 1. The molecule has 1 fully saturated rings. The van der Waals surface area contributed by atoms with Crippen molar-refractivity contribution in [2.45, 2.75) is 25.4 Å². The lowest BCUT2D eigenvalue weighted by atomic mass is 10.1. The van der Waals surface area contributed by atoms with Crippen molar-refractivity contribution in [3.05, 3.63) is 40.8 Å². The summed E-state index contributed by atoms with van der Waals surface area (Å²) in [6.07, 6.45) is 3.09. The van der Waals surface area contributed by atoms with Crippen LogP contribution in [0.3, 0.4) is 0 Å². The Labute approximate surface area is 129 Å². The number of aliphatic hydroxyl groups excluding tert-OH is 1. The molecule has 1 aromatic heterocycles.